The molecule has 1 aliphatic rings. The smallest absolute Gasteiger partial charge is 0.272 e. The Bertz CT molecular complexity index is 1580. The molecule has 5 rings (SSSR count). The molecule has 0 bridgehead atoms. The number of aromatic nitrogens is 4. The highest BCUT2D eigenvalue weighted by molar-refractivity contribution is 6.60. The molecule has 3 N–H and O–H groups in total. The van der Waals surface area contributed by atoms with Gasteiger partial charge in [-0.25, -0.2) is 0 Å². The van der Waals surface area contributed by atoms with E-state index in [1.54, 1.807) is 18.2 Å². The quantitative estimate of drug-likeness (QED) is 0.220. The predicted molar refractivity (Wildman–Crippen MR) is 155 cm³/mol. The van der Waals surface area contributed by atoms with Crippen LogP contribution in [0.4, 0.5) is 17.2 Å². The summed E-state index contributed by atoms with van der Waals surface area (Å²) in [7, 11) is 18.1. The molecular weight excluding hydrogens is 535 g/mol. The van der Waals surface area contributed by atoms with Gasteiger partial charge in [0.25, 0.3) is 11.8 Å². The minimum atomic E-state index is -2.01. The highest BCUT2D eigenvalue weighted by atomic mass is 16.5. The Morgan fingerprint density at radius 3 is 2.52 bits per heavy atom. The fourth-order valence-corrected chi connectivity index (χ4v) is 3.97. The van der Waals surface area contributed by atoms with Crippen LogP contribution in [0, 0.1) is 5.92 Å². The van der Waals surface area contributed by atoms with E-state index in [0.29, 0.717) is 29.4 Å². The molecular formula is C27H24B3N7O5. The van der Waals surface area contributed by atoms with E-state index in [2.05, 4.69) is 36.3 Å². The first-order valence-corrected chi connectivity index (χ1v) is 13.0. The van der Waals surface area contributed by atoms with Gasteiger partial charge in [-0.3, -0.25) is 9.59 Å². The number of nitrogens with zero attached hydrogens (tertiary/aromatic N) is 4. The van der Waals surface area contributed by atoms with Crippen molar-refractivity contribution in [2.24, 2.45) is 5.92 Å². The summed E-state index contributed by atoms with van der Waals surface area (Å²) in [5.74, 6) is -0.0484. The lowest BCUT2D eigenvalue weighted by Gasteiger charge is -2.23. The molecule has 2 heterocycles. The number of para-hydroxylation sites is 1. The molecule has 0 spiro atoms. The third kappa shape index (κ3) is 7.35. The maximum Gasteiger partial charge on any atom is 0.272 e. The van der Waals surface area contributed by atoms with Gasteiger partial charge in [-0.1, -0.05) is 46.8 Å². The Morgan fingerprint density at radius 1 is 1.02 bits per heavy atom. The number of anilines is 3. The number of hydrogen-bond donors (Lipinski definition) is 3. The molecule has 4 aromatic rings. The molecule has 1 aliphatic carbocycles. The summed E-state index contributed by atoms with van der Waals surface area (Å²) >= 11 is 0. The Balaban J connectivity index is 1.39. The van der Waals surface area contributed by atoms with Gasteiger partial charge in [-0.15, -0.1) is 10.2 Å². The molecule has 2 aromatic heterocycles. The Kier molecular flexibility index (Phi) is 8.57. The summed E-state index contributed by atoms with van der Waals surface area (Å²) in [6.07, 6.45) is 1.61. The van der Waals surface area contributed by atoms with E-state index in [1.807, 2.05) is 30.3 Å². The summed E-state index contributed by atoms with van der Waals surface area (Å²) in [5.41, 5.74) is 1.88. The van der Waals surface area contributed by atoms with Gasteiger partial charge in [0.2, 0.25) is 5.91 Å². The molecule has 0 saturated heterocycles. The fraction of sp³-hybridized carbons (Fsp3) is 0.259. The van der Waals surface area contributed by atoms with E-state index in [9.17, 15) is 9.59 Å². The van der Waals surface area contributed by atoms with Gasteiger partial charge >= 0.3 is 0 Å². The SMILES string of the molecule is [B]C([B])([B])NC(=O)c1nnc(NC(=O)C2CC2)cc1Nc1cccc(-c2nc(COCc3ccccc3)no2)c1OC. The number of ether oxygens (including phenoxy) is 2. The summed E-state index contributed by atoms with van der Waals surface area (Å²) in [4.78, 5) is 29.6. The molecule has 42 heavy (non-hydrogen) atoms. The van der Waals surface area contributed by atoms with E-state index in [0.717, 1.165) is 18.4 Å². The van der Waals surface area contributed by atoms with E-state index < -0.39 is 11.1 Å². The van der Waals surface area contributed by atoms with Crippen molar-refractivity contribution in [1.29, 1.82) is 0 Å². The topological polar surface area (TPSA) is 153 Å². The number of carbonyl (C=O) groups excluding carboxylic acids is 2. The van der Waals surface area contributed by atoms with E-state index in [1.165, 1.54) is 13.2 Å². The Hall–Kier alpha value is -4.65. The third-order valence-electron chi connectivity index (χ3n) is 6.07. The van der Waals surface area contributed by atoms with Crippen LogP contribution in [0.3, 0.4) is 0 Å². The zero-order chi connectivity index (χ0) is 29.7. The number of methoxy groups -OCH3 is 1. The van der Waals surface area contributed by atoms with Crippen LogP contribution in [0.5, 0.6) is 5.75 Å². The maximum absolute atomic E-state index is 12.9. The first-order chi connectivity index (χ1) is 20.2. The van der Waals surface area contributed by atoms with Crippen molar-refractivity contribution in [2.45, 2.75) is 31.3 Å². The largest absolute Gasteiger partial charge is 0.494 e. The summed E-state index contributed by atoms with van der Waals surface area (Å²) in [5, 5.41) is 18.0. The van der Waals surface area contributed by atoms with E-state index in [-0.39, 0.29) is 41.5 Å². The average molecular weight is 559 g/mol. The van der Waals surface area contributed by atoms with Gasteiger partial charge < -0.3 is 29.9 Å². The van der Waals surface area contributed by atoms with Crippen molar-refractivity contribution in [3.8, 4) is 17.2 Å². The van der Waals surface area contributed by atoms with Crippen LogP contribution in [-0.4, -0.2) is 68.0 Å². The van der Waals surface area contributed by atoms with Gasteiger partial charge in [-0.05, 0) is 30.5 Å². The Morgan fingerprint density at radius 2 is 1.81 bits per heavy atom. The normalized spacial score (nSPS) is 12.9. The van der Waals surface area contributed by atoms with Crippen LogP contribution in [-0.2, 0) is 22.7 Å². The number of rotatable bonds is 12. The van der Waals surface area contributed by atoms with Crippen molar-refractivity contribution in [3.63, 3.8) is 0 Å². The van der Waals surface area contributed by atoms with Gasteiger partial charge in [0.05, 0.1) is 54.2 Å². The maximum atomic E-state index is 12.9. The molecule has 1 fully saturated rings. The summed E-state index contributed by atoms with van der Waals surface area (Å²) in [6.45, 7) is 0.534. The number of carbonyl (C=O) groups is 2. The molecule has 0 atom stereocenters. The van der Waals surface area contributed by atoms with Crippen LogP contribution in [0.1, 0.15) is 34.7 Å². The molecule has 0 unspecified atom stereocenters. The zero-order valence-corrected chi connectivity index (χ0v) is 22.7. The number of amides is 2. The van der Waals surface area contributed by atoms with Crippen molar-refractivity contribution in [3.05, 3.63) is 71.7 Å². The lowest BCUT2D eigenvalue weighted by Crippen LogP contribution is -2.50. The van der Waals surface area contributed by atoms with E-state index >= 15 is 0 Å². The van der Waals surface area contributed by atoms with Crippen LogP contribution in [0.2, 0.25) is 0 Å². The monoisotopic (exact) mass is 559 g/mol. The van der Waals surface area contributed by atoms with Gasteiger partial charge in [0.15, 0.2) is 23.1 Å². The molecule has 0 aliphatic heterocycles. The highest BCUT2D eigenvalue weighted by Crippen LogP contribution is 2.38. The van der Waals surface area contributed by atoms with Crippen LogP contribution in [0.15, 0.2) is 59.1 Å². The van der Waals surface area contributed by atoms with E-state index in [4.69, 9.17) is 37.5 Å². The van der Waals surface area contributed by atoms with Gasteiger partial charge in [-0.2, -0.15) is 4.98 Å². The molecule has 206 valence electrons. The Labute approximate surface area is 245 Å². The molecule has 15 heteroatoms. The first kappa shape index (κ1) is 28.9. The first-order valence-electron chi connectivity index (χ1n) is 13.0. The summed E-state index contributed by atoms with van der Waals surface area (Å²) < 4.78 is 16.9. The summed E-state index contributed by atoms with van der Waals surface area (Å²) in [6, 6.07) is 16.3. The van der Waals surface area contributed by atoms with Crippen LogP contribution >= 0.6 is 0 Å². The van der Waals surface area contributed by atoms with Gasteiger partial charge in [0.1, 0.15) is 6.61 Å². The van der Waals surface area contributed by atoms with Crippen molar-refractivity contribution >= 4 is 52.5 Å². The molecule has 2 aromatic carbocycles. The van der Waals surface area contributed by atoms with Crippen LogP contribution < -0.4 is 20.7 Å². The molecule has 2 amide bonds. The minimum absolute atomic E-state index is 0.0710. The standard InChI is InChI=1S/C27H24B3N7O5/c1-40-23-17(26-33-21(37-42-26)14-41-13-15-6-3-2-4-7-15)8-5-9-18(23)31-19-12-20(32-24(38)16-10-11-16)35-36-22(19)25(39)34-27(28,29)30/h2-9,12,16H,10-11,13-14H2,1H3,(H,34,39)(H2,31,32,35,38). The number of benzene rings is 2. The number of nitrogens with one attached hydrogen (secondary N) is 3. The average Bonchev–Trinajstić information content (AvgIpc) is 3.71. The number of hydrogen-bond acceptors (Lipinski definition) is 10. The predicted octanol–water partition coefficient (Wildman–Crippen LogP) is 2.19. The second-order valence-corrected chi connectivity index (χ2v) is 9.65. The second kappa shape index (κ2) is 12.5. The van der Waals surface area contributed by atoms with Crippen molar-refractivity contribution in [2.75, 3.05) is 17.7 Å². The van der Waals surface area contributed by atoms with Crippen LogP contribution in [0.25, 0.3) is 11.5 Å². The van der Waals surface area contributed by atoms with Crippen molar-refractivity contribution in [1.82, 2.24) is 25.7 Å². The second-order valence-electron chi connectivity index (χ2n) is 9.65. The molecule has 1 saturated carbocycles. The van der Waals surface area contributed by atoms with Crippen molar-refractivity contribution < 1.29 is 23.6 Å². The lowest BCUT2D eigenvalue weighted by atomic mass is 9.49. The third-order valence-corrected chi connectivity index (χ3v) is 6.07. The lowest BCUT2D eigenvalue weighted by molar-refractivity contribution is -0.117. The molecule has 6 radical (unpaired) electrons. The highest BCUT2D eigenvalue weighted by Gasteiger charge is 2.30. The minimum Gasteiger partial charge on any atom is -0.494 e. The zero-order valence-electron chi connectivity index (χ0n) is 22.7. The van der Waals surface area contributed by atoms with Gasteiger partial charge in [0, 0.05) is 12.0 Å². The fourth-order valence-electron chi connectivity index (χ4n) is 3.97. The molecule has 12 nitrogen and oxygen atoms in total.